The van der Waals surface area contributed by atoms with Gasteiger partial charge < -0.3 is 10.6 Å². The number of anilines is 2. The number of hydrogen-bond acceptors (Lipinski definition) is 4. The smallest absolute Gasteiger partial charge is 0.132 e. The monoisotopic (exact) mass is 286 g/mol. The van der Waals surface area contributed by atoms with Crippen LogP contribution in [-0.4, -0.2) is 23.1 Å². The molecular formula is C16H19FN4. The summed E-state index contributed by atoms with van der Waals surface area (Å²) in [5.41, 5.74) is 1.08. The zero-order valence-corrected chi connectivity index (χ0v) is 12.1. The molecule has 0 aliphatic rings. The largest absolute Gasteiger partial charge is 0.370 e. The highest BCUT2D eigenvalue weighted by molar-refractivity contribution is 5.47. The van der Waals surface area contributed by atoms with E-state index in [0.717, 1.165) is 30.2 Å². The minimum Gasteiger partial charge on any atom is -0.370 e. The van der Waals surface area contributed by atoms with E-state index in [1.165, 1.54) is 12.1 Å². The maximum absolute atomic E-state index is 12.8. The molecule has 0 bridgehead atoms. The molecule has 110 valence electrons. The summed E-state index contributed by atoms with van der Waals surface area (Å²) in [5, 5.41) is 6.39. The van der Waals surface area contributed by atoms with Crippen molar-refractivity contribution in [1.29, 1.82) is 0 Å². The van der Waals surface area contributed by atoms with Crippen molar-refractivity contribution < 1.29 is 4.39 Å². The lowest BCUT2D eigenvalue weighted by Crippen LogP contribution is -2.09. The standard InChI is InChI=1S/C16H19FN4/c1-3-9-18-15-11-16(21-12(2)20-15)19-10-8-13-4-6-14(17)7-5-13/h3-7,11H,1,8-10H2,2H3,(H2,18,19,20,21). The van der Waals surface area contributed by atoms with Crippen molar-refractivity contribution in [3.8, 4) is 0 Å². The molecule has 1 aromatic heterocycles. The van der Waals surface area contributed by atoms with E-state index in [4.69, 9.17) is 0 Å². The molecule has 21 heavy (non-hydrogen) atoms. The normalized spacial score (nSPS) is 10.2. The average Bonchev–Trinajstić information content (AvgIpc) is 2.47. The minimum atomic E-state index is -0.212. The summed E-state index contributed by atoms with van der Waals surface area (Å²) in [6.45, 7) is 6.90. The van der Waals surface area contributed by atoms with Crippen molar-refractivity contribution in [3.05, 3.63) is 60.2 Å². The highest BCUT2D eigenvalue weighted by atomic mass is 19.1. The fourth-order valence-corrected chi connectivity index (χ4v) is 1.91. The van der Waals surface area contributed by atoms with Crippen molar-refractivity contribution >= 4 is 11.6 Å². The quantitative estimate of drug-likeness (QED) is 0.768. The van der Waals surface area contributed by atoms with Crippen LogP contribution >= 0.6 is 0 Å². The van der Waals surface area contributed by atoms with E-state index in [0.29, 0.717) is 12.4 Å². The Kier molecular flexibility index (Phi) is 5.26. The fraction of sp³-hybridized carbons (Fsp3) is 0.250. The van der Waals surface area contributed by atoms with Gasteiger partial charge in [-0.1, -0.05) is 18.2 Å². The first kappa shape index (κ1) is 15.0. The Morgan fingerprint density at radius 1 is 1.14 bits per heavy atom. The van der Waals surface area contributed by atoms with Crippen molar-refractivity contribution in [2.75, 3.05) is 23.7 Å². The Morgan fingerprint density at radius 3 is 2.48 bits per heavy atom. The molecule has 1 heterocycles. The summed E-state index contributed by atoms with van der Waals surface area (Å²) in [6, 6.07) is 8.39. The molecule has 5 heteroatoms. The Morgan fingerprint density at radius 2 is 1.81 bits per heavy atom. The van der Waals surface area contributed by atoms with E-state index < -0.39 is 0 Å². The van der Waals surface area contributed by atoms with Crippen molar-refractivity contribution in [1.82, 2.24) is 9.97 Å². The van der Waals surface area contributed by atoms with Crippen molar-refractivity contribution in [2.45, 2.75) is 13.3 Å². The van der Waals surface area contributed by atoms with E-state index in [1.54, 1.807) is 18.2 Å². The van der Waals surface area contributed by atoms with Crippen LogP contribution in [0.3, 0.4) is 0 Å². The third-order valence-electron chi connectivity index (χ3n) is 2.90. The van der Waals surface area contributed by atoms with Gasteiger partial charge in [0.15, 0.2) is 0 Å². The van der Waals surface area contributed by atoms with Gasteiger partial charge >= 0.3 is 0 Å². The first-order valence-electron chi connectivity index (χ1n) is 6.86. The SMILES string of the molecule is C=CCNc1cc(NCCc2ccc(F)cc2)nc(C)n1. The molecule has 1 aromatic carbocycles. The molecular weight excluding hydrogens is 267 g/mol. The van der Waals surface area contributed by atoms with Gasteiger partial charge in [0.2, 0.25) is 0 Å². The lowest BCUT2D eigenvalue weighted by molar-refractivity contribution is 0.627. The van der Waals surface area contributed by atoms with Gasteiger partial charge in [0.25, 0.3) is 0 Å². The number of benzene rings is 1. The summed E-state index contributed by atoms with van der Waals surface area (Å²) in [5.74, 6) is 2.03. The van der Waals surface area contributed by atoms with Crippen LogP contribution in [0.2, 0.25) is 0 Å². The summed E-state index contributed by atoms with van der Waals surface area (Å²) in [4.78, 5) is 8.63. The molecule has 0 aliphatic carbocycles. The van der Waals surface area contributed by atoms with Gasteiger partial charge in [-0.25, -0.2) is 14.4 Å². The van der Waals surface area contributed by atoms with Crippen LogP contribution in [0.1, 0.15) is 11.4 Å². The maximum Gasteiger partial charge on any atom is 0.132 e. The zero-order valence-electron chi connectivity index (χ0n) is 12.1. The Labute approximate surface area is 124 Å². The molecule has 0 fully saturated rings. The molecule has 0 saturated carbocycles. The van der Waals surface area contributed by atoms with Gasteiger partial charge in [0, 0.05) is 19.2 Å². The zero-order chi connectivity index (χ0) is 15.1. The molecule has 0 unspecified atom stereocenters. The van der Waals surface area contributed by atoms with Gasteiger partial charge in [-0.05, 0) is 31.0 Å². The summed E-state index contributed by atoms with van der Waals surface area (Å²) in [7, 11) is 0. The molecule has 0 spiro atoms. The highest BCUT2D eigenvalue weighted by Crippen LogP contribution is 2.11. The number of nitrogens with one attached hydrogen (secondary N) is 2. The molecule has 0 saturated heterocycles. The second-order valence-electron chi connectivity index (χ2n) is 4.66. The molecule has 4 nitrogen and oxygen atoms in total. The summed E-state index contributed by atoms with van der Waals surface area (Å²) < 4.78 is 12.8. The second-order valence-corrected chi connectivity index (χ2v) is 4.66. The molecule has 2 aromatic rings. The van der Waals surface area contributed by atoms with Crippen LogP contribution in [0.25, 0.3) is 0 Å². The Balaban J connectivity index is 1.91. The van der Waals surface area contributed by atoms with Crippen LogP contribution in [0.15, 0.2) is 43.0 Å². The third-order valence-corrected chi connectivity index (χ3v) is 2.90. The number of halogens is 1. The number of hydrogen-bond donors (Lipinski definition) is 2. The van der Waals surface area contributed by atoms with Crippen molar-refractivity contribution in [3.63, 3.8) is 0 Å². The minimum absolute atomic E-state index is 0.212. The van der Waals surface area contributed by atoms with E-state index in [2.05, 4.69) is 27.2 Å². The lowest BCUT2D eigenvalue weighted by Gasteiger charge is -2.09. The fourth-order valence-electron chi connectivity index (χ4n) is 1.91. The van der Waals surface area contributed by atoms with E-state index in [-0.39, 0.29) is 5.82 Å². The average molecular weight is 286 g/mol. The van der Waals surface area contributed by atoms with E-state index in [1.807, 2.05) is 13.0 Å². The molecule has 0 aliphatic heterocycles. The second kappa shape index (κ2) is 7.38. The number of rotatable bonds is 7. The molecule has 2 N–H and O–H groups in total. The summed E-state index contributed by atoms with van der Waals surface area (Å²) in [6.07, 6.45) is 2.58. The van der Waals surface area contributed by atoms with E-state index in [9.17, 15) is 4.39 Å². The van der Waals surface area contributed by atoms with Crippen LogP contribution in [0.5, 0.6) is 0 Å². The molecule has 2 rings (SSSR count). The lowest BCUT2D eigenvalue weighted by atomic mass is 10.1. The van der Waals surface area contributed by atoms with Gasteiger partial charge in [0.05, 0.1) is 0 Å². The number of nitrogens with zero attached hydrogens (tertiary/aromatic N) is 2. The van der Waals surface area contributed by atoms with Gasteiger partial charge in [-0.2, -0.15) is 0 Å². The van der Waals surface area contributed by atoms with Crippen LogP contribution < -0.4 is 10.6 Å². The predicted molar refractivity (Wildman–Crippen MR) is 84.0 cm³/mol. The predicted octanol–water partition coefficient (Wildman–Crippen LogP) is 3.18. The van der Waals surface area contributed by atoms with E-state index >= 15 is 0 Å². The van der Waals surface area contributed by atoms with Crippen LogP contribution in [-0.2, 0) is 6.42 Å². The first-order valence-corrected chi connectivity index (χ1v) is 6.86. The molecule has 0 amide bonds. The topological polar surface area (TPSA) is 49.8 Å². The third kappa shape index (κ3) is 4.87. The highest BCUT2D eigenvalue weighted by Gasteiger charge is 2.01. The molecule has 0 radical (unpaired) electrons. The molecule has 0 atom stereocenters. The van der Waals surface area contributed by atoms with Gasteiger partial charge in [-0.15, -0.1) is 6.58 Å². The van der Waals surface area contributed by atoms with Crippen molar-refractivity contribution in [2.24, 2.45) is 0 Å². The van der Waals surface area contributed by atoms with Gasteiger partial charge in [0.1, 0.15) is 23.3 Å². The number of aromatic nitrogens is 2. The maximum atomic E-state index is 12.8. The number of aryl methyl sites for hydroxylation is 1. The first-order chi connectivity index (χ1) is 10.2. The Bertz CT molecular complexity index is 596. The summed E-state index contributed by atoms with van der Waals surface area (Å²) >= 11 is 0. The van der Waals surface area contributed by atoms with Gasteiger partial charge in [-0.3, -0.25) is 0 Å². The Hall–Kier alpha value is -2.43. The van der Waals surface area contributed by atoms with Crippen LogP contribution in [0, 0.1) is 12.7 Å². The van der Waals surface area contributed by atoms with Crippen LogP contribution in [0.4, 0.5) is 16.0 Å².